The molecule has 2 amide bonds. The number of H-pyrrole nitrogens is 1. The second kappa shape index (κ2) is 3.61. The molecule has 0 unspecified atom stereocenters. The molecule has 2 aromatic rings. The van der Waals surface area contributed by atoms with Crippen molar-refractivity contribution in [2.45, 2.75) is 11.8 Å². The second-order valence-corrected chi connectivity index (χ2v) is 5.31. The number of amides is 2. The van der Waals surface area contributed by atoms with Gasteiger partial charge in [0, 0.05) is 12.0 Å². The Morgan fingerprint density at radius 2 is 2.05 bits per heavy atom. The Morgan fingerprint density at radius 1 is 1.20 bits per heavy atom. The van der Waals surface area contributed by atoms with Crippen LogP contribution in [0, 0.1) is 0 Å². The fraction of sp³-hybridized carbons (Fsp3) is 0.154. The van der Waals surface area contributed by atoms with Crippen LogP contribution in [0.2, 0.25) is 5.02 Å². The minimum Gasteiger partial charge on any atom is -0.323 e. The molecule has 1 spiro atoms. The molecular formula is C13H9ClN4O2. The van der Waals surface area contributed by atoms with E-state index < -0.39 is 5.41 Å². The van der Waals surface area contributed by atoms with Gasteiger partial charge in [-0.1, -0.05) is 23.7 Å². The van der Waals surface area contributed by atoms with Crippen molar-refractivity contribution in [3.63, 3.8) is 0 Å². The van der Waals surface area contributed by atoms with Crippen LogP contribution in [0.3, 0.4) is 0 Å². The average Bonchev–Trinajstić information content (AvgIpc) is 2.97. The number of fused-ring (bicyclic) bond motifs is 4. The maximum atomic E-state index is 12.6. The summed E-state index contributed by atoms with van der Waals surface area (Å²) in [5.74, 6) is -0.0212. The molecule has 1 aromatic carbocycles. The quantitative estimate of drug-likeness (QED) is 0.689. The largest absolute Gasteiger partial charge is 0.323 e. The van der Waals surface area contributed by atoms with E-state index >= 15 is 0 Å². The van der Waals surface area contributed by atoms with Crippen molar-refractivity contribution in [3.05, 3.63) is 40.5 Å². The van der Waals surface area contributed by atoms with E-state index in [0.717, 1.165) is 0 Å². The predicted molar refractivity (Wildman–Crippen MR) is 72.7 cm³/mol. The van der Waals surface area contributed by atoms with Gasteiger partial charge in [-0.05, 0) is 11.6 Å². The Balaban J connectivity index is 2.06. The van der Waals surface area contributed by atoms with Crippen LogP contribution < -0.4 is 10.6 Å². The maximum Gasteiger partial charge on any atom is 0.240 e. The number of rotatable bonds is 0. The third-order valence-corrected chi connectivity index (χ3v) is 4.20. The highest BCUT2D eigenvalue weighted by Crippen LogP contribution is 2.50. The molecule has 0 fully saturated rings. The SMILES string of the molecule is O=C1C[C@@]2(C(=O)Nc3c(Cl)cccc32)c2cn[nH]c2N1. The Hall–Kier alpha value is -2.34. The van der Waals surface area contributed by atoms with Gasteiger partial charge in [-0.2, -0.15) is 5.10 Å². The number of nitrogens with zero attached hydrogens (tertiary/aromatic N) is 1. The number of carbonyl (C=O) groups is 2. The lowest BCUT2D eigenvalue weighted by atomic mass is 9.72. The van der Waals surface area contributed by atoms with Gasteiger partial charge < -0.3 is 10.6 Å². The zero-order valence-electron chi connectivity index (χ0n) is 10.2. The summed E-state index contributed by atoms with van der Waals surface area (Å²) < 4.78 is 0. The molecule has 0 saturated heterocycles. The van der Waals surface area contributed by atoms with Gasteiger partial charge in [-0.3, -0.25) is 14.7 Å². The van der Waals surface area contributed by atoms with Gasteiger partial charge in [-0.15, -0.1) is 0 Å². The topological polar surface area (TPSA) is 86.9 Å². The number of hydrogen-bond donors (Lipinski definition) is 3. The molecule has 7 heteroatoms. The van der Waals surface area contributed by atoms with Crippen LogP contribution in [0.5, 0.6) is 0 Å². The minimum atomic E-state index is -1.05. The van der Waals surface area contributed by atoms with E-state index in [0.29, 0.717) is 27.7 Å². The molecule has 100 valence electrons. The summed E-state index contributed by atoms with van der Waals surface area (Å²) in [5.41, 5.74) is 0.898. The molecule has 0 radical (unpaired) electrons. The van der Waals surface area contributed by atoms with E-state index in [1.54, 1.807) is 18.3 Å². The molecule has 6 nitrogen and oxygen atoms in total. The first-order chi connectivity index (χ1) is 9.63. The van der Waals surface area contributed by atoms with Crippen molar-refractivity contribution in [1.29, 1.82) is 0 Å². The number of anilines is 2. The highest BCUT2D eigenvalue weighted by Gasteiger charge is 2.54. The van der Waals surface area contributed by atoms with Crippen molar-refractivity contribution in [1.82, 2.24) is 10.2 Å². The standard InChI is InChI=1S/C13H9ClN4O2/c14-8-3-1-2-6-10(8)17-12(20)13(6)4-9(19)16-11-7(13)5-15-18-11/h1-3,5H,4H2,(H,17,20)(H2,15,16,18,19)/t13-/m0/s1. The first kappa shape index (κ1) is 11.5. The fourth-order valence-corrected chi connectivity index (χ4v) is 3.24. The second-order valence-electron chi connectivity index (χ2n) is 4.91. The lowest BCUT2D eigenvalue weighted by Crippen LogP contribution is -2.43. The lowest BCUT2D eigenvalue weighted by molar-refractivity contribution is -0.125. The molecule has 2 aliphatic heterocycles. The smallest absolute Gasteiger partial charge is 0.240 e. The molecule has 3 heterocycles. The third kappa shape index (κ3) is 1.21. The molecule has 3 N–H and O–H groups in total. The zero-order valence-corrected chi connectivity index (χ0v) is 10.9. The van der Waals surface area contributed by atoms with Crippen LogP contribution in [0.25, 0.3) is 0 Å². The number of para-hydroxylation sites is 1. The Kier molecular flexibility index (Phi) is 2.07. The van der Waals surface area contributed by atoms with Gasteiger partial charge in [-0.25, -0.2) is 0 Å². The molecular weight excluding hydrogens is 280 g/mol. The summed E-state index contributed by atoms with van der Waals surface area (Å²) in [4.78, 5) is 24.5. The van der Waals surface area contributed by atoms with Gasteiger partial charge in [0.1, 0.15) is 11.2 Å². The van der Waals surface area contributed by atoms with Crippen molar-refractivity contribution in [2.24, 2.45) is 0 Å². The molecule has 0 aliphatic carbocycles. The fourth-order valence-electron chi connectivity index (χ4n) is 3.02. The number of benzene rings is 1. The lowest BCUT2D eigenvalue weighted by Gasteiger charge is -2.30. The first-order valence-electron chi connectivity index (χ1n) is 6.07. The summed E-state index contributed by atoms with van der Waals surface area (Å²) in [6.07, 6.45) is 1.61. The first-order valence-corrected chi connectivity index (χ1v) is 6.45. The van der Waals surface area contributed by atoms with Crippen molar-refractivity contribution < 1.29 is 9.59 Å². The minimum absolute atomic E-state index is 0.0404. The average molecular weight is 289 g/mol. The molecule has 2 aliphatic rings. The molecule has 1 aromatic heterocycles. The van der Waals surface area contributed by atoms with Crippen molar-refractivity contribution in [2.75, 3.05) is 10.6 Å². The predicted octanol–water partition coefficient (Wildman–Crippen LogP) is 1.64. The zero-order chi connectivity index (χ0) is 13.9. The van der Waals surface area contributed by atoms with E-state index in [1.165, 1.54) is 0 Å². The monoisotopic (exact) mass is 288 g/mol. The van der Waals surface area contributed by atoms with Crippen LogP contribution in [0.1, 0.15) is 17.5 Å². The molecule has 0 saturated carbocycles. The van der Waals surface area contributed by atoms with E-state index in [4.69, 9.17) is 11.6 Å². The van der Waals surface area contributed by atoms with Crippen LogP contribution in [-0.4, -0.2) is 22.0 Å². The number of aromatic amines is 1. The number of aromatic nitrogens is 2. The highest BCUT2D eigenvalue weighted by molar-refractivity contribution is 6.35. The van der Waals surface area contributed by atoms with Gasteiger partial charge >= 0.3 is 0 Å². The van der Waals surface area contributed by atoms with Gasteiger partial charge in [0.25, 0.3) is 0 Å². The number of carbonyl (C=O) groups excluding carboxylic acids is 2. The molecule has 20 heavy (non-hydrogen) atoms. The summed E-state index contributed by atoms with van der Waals surface area (Å²) in [5, 5.41) is 12.6. The maximum absolute atomic E-state index is 12.6. The van der Waals surface area contributed by atoms with Crippen LogP contribution >= 0.6 is 11.6 Å². The third-order valence-electron chi connectivity index (χ3n) is 3.89. The van der Waals surface area contributed by atoms with Gasteiger partial charge in [0.05, 0.1) is 16.9 Å². The number of nitrogens with one attached hydrogen (secondary N) is 3. The van der Waals surface area contributed by atoms with Gasteiger partial charge in [0.15, 0.2) is 0 Å². The Morgan fingerprint density at radius 3 is 2.90 bits per heavy atom. The van der Waals surface area contributed by atoms with Crippen LogP contribution in [0.4, 0.5) is 11.5 Å². The summed E-state index contributed by atoms with van der Waals surface area (Å²) >= 11 is 6.14. The van der Waals surface area contributed by atoms with Crippen LogP contribution in [-0.2, 0) is 15.0 Å². The normalized spacial score (nSPS) is 23.2. The van der Waals surface area contributed by atoms with E-state index in [9.17, 15) is 9.59 Å². The molecule has 4 rings (SSSR count). The molecule has 0 bridgehead atoms. The summed E-state index contributed by atoms with van der Waals surface area (Å²) in [7, 11) is 0. The number of hydrogen-bond acceptors (Lipinski definition) is 3. The Labute approximate surface area is 118 Å². The van der Waals surface area contributed by atoms with E-state index in [2.05, 4.69) is 20.8 Å². The van der Waals surface area contributed by atoms with Crippen LogP contribution in [0.15, 0.2) is 24.4 Å². The van der Waals surface area contributed by atoms with E-state index in [1.807, 2.05) is 6.07 Å². The summed E-state index contributed by atoms with van der Waals surface area (Å²) in [6, 6.07) is 5.29. The highest BCUT2D eigenvalue weighted by atomic mass is 35.5. The Bertz CT molecular complexity index is 769. The molecule has 1 atom stereocenters. The number of halogens is 1. The van der Waals surface area contributed by atoms with Gasteiger partial charge in [0.2, 0.25) is 11.8 Å². The van der Waals surface area contributed by atoms with E-state index in [-0.39, 0.29) is 18.2 Å². The van der Waals surface area contributed by atoms with Crippen molar-refractivity contribution in [3.8, 4) is 0 Å². The van der Waals surface area contributed by atoms with Crippen molar-refractivity contribution >= 4 is 34.9 Å². The summed E-state index contributed by atoms with van der Waals surface area (Å²) in [6.45, 7) is 0.